The first kappa shape index (κ1) is 16.0. The normalized spacial score (nSPS) is 11.1. The minimum absolute atomic E-state index is 0.0131. The Morgan fingerprint density at radius 3 is 2.45 bits per heavy atom. The number of hydrogen-bond acceptors (Lipinski definition) is 3. The van der Waals surface area contributed by atoms with E-state index in [2.05, 4.69) is 4.74 Å². The molecular weight excluding hydrogens is 314 g/mol. The molecule has 114 valence electrons. The van der Waals surface area contributed by atoms with Crippen LogP contribution in [0.1, 0.15) is 15.9 Å². The number of ether oxygens (including phenoxy) is 1. The van der Waals surface area contributed by atoms with Gasteiger partial charge in [0.2, 0.25) is 0 Å². The summed E-state index contributed by atoms with van der Waals surface area (Å²) >= 11 is 5.76. The molecule has 0 heterocycles. The summed E-state index contributed by atoms with van der Waals surface area (Å²) in [5.74, 6) is -0.353. The number of hydrogen-bond donors (Lipinski definition) is 1. The number of carbonyl (C=O) groups is 1. The van der Waals surface area contributed by atoms with Crippen molar-refractivity contribution >= 4 is 23.5 Å². The second-order valence-electron chi connectivity index (χ2n) is 4.31. The molecule has 0 saturated heterocycles. The number of aromatic hydroxyl groups is 1. The highest BCUT2D eigenvalue weighted by Gasteiger charge is 2.06. The Hall–Kier alpha value is -2.40. The molecule has 22 heavy (non-hydrogen) atoms. The molecule has 0 aliphatic rings. The smallest absolute Gasteiger partial charge is 0.387 e. The molecule has 2 aromatic carbocycles. The SMILES string of the molecule is O=C(C=Cc1ccc(O)c(Cl)c1)c1ccc(OC(F)F)cc1. The zero-order valence-corrected chi connectivity index (χ0v) is 11.9. The molecule has 3 nitrogen and oxygen atoms in total. The average Bonchev–Trinajstić information content (AvgIpc) is 2.48. The van der Waals surface area contributed by atoms with E-state index in [0.717, 1.165) is 0 Å². The lowest BCUT2D eigenvalue weighted by Crippen LogP contribution is -2.02. The molecule has 0 radical (unpaired) electrons. The lowest BCUT2D eigenvalue weighted by atomic mass is 10.1. The summed E-state index contributed by atoms with van der Waals surface area (Å²) in [7, 11) is 0. The van der Waals surface area contributed by atoms with Crippen LogP contribution in [0.2, 0.25) is 5.02 Å². The zero-order valence-electron chi connectivity index (χ0n) is 11.2. The van der Waals surface area contributed by atoms with Crippen LogP contribution < -0.4 is 4.74 Å². The van der Waals surface area contributed by atoms with Crippen molar-refractivity contribution in [3.8, 4) is 11.5 Å². The van der Waals surface area contributed by atoms with E-state index >= 15 is 0 Å². The predicted molar refractivity (Wildman–Crippen MR) is 79.6 cm³/mol. The quantitative estimate of drug-likeness (QED) is 0.648. The maximum Gasteiger partial charge on any atom is 0.387 e. The van der Waals surface area contributed by atoms with Crippen LogP contribution in [0.4, 0.5) is 8.78 Å². The molecule has 0 amide bonds. The van der Waals surface area contributed by atoms with E-state index in [1.807, 2.05) is 0 Å². The Morgan fingerprint density at radius 2 is 1.86 bits per heavy atom. The summed E-state index contributed by atoms with van der Waals surface area (Å²) in [5.41, 5.74) is 0.983. The summed E-state index contributed by atoms with van der Waals surface area (Å²) in [5, 5.41) is 9.48. The zero-order chi connectivity index (χ0) is 16.1. The molecule has 2 rings (SSSR count). The number of phenolic OH excluding ortho intramolecular Hbond substituents is 1. The summed E-state index contributed by atoms with van der Waals surface area (Å²) in [6.07, 6.45) is 2.86. The lowest BCUT2D eigenvalue weighted by molar-refractivity contribution is -0.0498. The largest absolute Gasteiger partial charge is 0.506 e. The van der Waals surface area contributed by atoms with E-state index in [9.17, 15) is 18.7 Å². The first-order valence-corrected chi connectivity index (χ1v) is 6.59. The summed E-state index contributed by atoms with van der Waals surface area (Å²) in [6, 6.07) is 9.92. The Labute approximate surface area is 130 Å². The highest BCUT2D eigenvalue weighted by molar-refractivity contribution is 6.32. The third-order valence-corrected chi connectivity index (χ3v) is 3.07. The number of carbonyl (C=O) groups excluding carboxylic acids is 1. The molecule has 0 aliphatic heterocycles. The first-order chi connectivity index (χ1) is 10.5. The van der Waals surface area contributed by atoms with Gasteiger partial charge in [-0.15, -0.1) is 0 Å². The first-order valence-electron chi connectivity index (χ1n) is 6.21. The van der Waals surface area contributed by atoms with Crippen LogP contribution >= 0.6 is 11.6 Å². The molecule has 0 aliphatic carbocycles. The third-order valence-electron chi connectivity index (χ3n) is 2.76. The van der Waals surface area contributed by atoms with Gasteiger partial charge in [0.1, 0.15) is 11.5 Å². The minimum Gasteiger partial charge on any atom is -0.506 e. The predicted octanol–water partition coefficient (Wildman–Crippen LogP) is 4.54. The molecule has 1 N–H and O–H groups in total. The van der Waals surface area contributed by atoms with Crippen molar-refractivity contribution in [2.45, 2.75) is 6.61 Å². The fraction of sp³-hybridized carbons (Fsp3) is 0.0625. The number of benzene rings is 2. The Kier molecular flexibility index (Phi) is 5.12. The average molecular weight is 325 g/mol. The van der Waals surface area contributed by atoms with Crippen LogP contribution in [0.25, 0.3) is 6.08 Å². The molecule has 0 spiro atoms. The Morgan fingerprint density at radius 1 is 1.18 bits per heavy atom. The Bertz CT molecular complexity index is 697. The van der Waals surface area contributed by atoms with Gasteiger partial charge in [-0.05, 0) is 48.0 Å². The number of allylic oxidation sites excluding steroid dienone is 1. The van der Waals surface area contributed by atoms with E-state index in [0.29, 0.717) is 11.1 Å². The molecule has 6 heteroatoms. The van der Waals surface area contributed by atoms with Gasteiger partial charge in [0.05, 0.1) is 5.02 Å². The van der Waals surface area contributed by atoms with Gasteiger partial charge in [-0.25, -0.2) is 0 Å². The van der Waals surface area contributed by atoms with Gasteiger partial charge >= 0.3 is 6.61 Å². The number of ketones is 1. The van der Waals surface area contributed by atoms with Crippen molar-refractivity contribution in [3.63, 3.8) is 0 Å². The fourth-order valence-electron chi connectivity index (χ4n) is 1.70. The minimum atomic E-state index is -2.90. The third kappa shape index (κ3) is 4.30. The van der Waals surface area contributed by atoms with E-state index in [1.54, 1.807) is 6.07 Å². The van der Waals surface area contributed by atoms with Crippen LogP contribution in [0.3, 0.4) is 0 Å². The highest BCUT2D eigenvalue weighted by atomic mass is 35.5. The van der Waals surface area contributed by atoms with Crippen LogP contribution in [0.15, 0.2) is 48.5 Å². The second kappa shape index (κ2) is 7.04. The molecule has 2 aromatic rings. The van der Waals surface area contributed by atoms with E-state index in [-0.39, 0.29) is 22.3 Å². The van der Waals surface area contributed by atoms with Crippen LogP contribution in [0.5, 0.6) is 11.5 Å². The fourth-order valence-corrected chi connectivity index (χ4v) is 1.88. The summed E-state index contributed by atoms with van der Waals surface area (Å²) in [4.78, 5) is 11.9. The van der Waals surface area contributed by atoms with Crippen molar-refractivity contribution in [1.29, 1.82) is 0 Å². The summed E-state index contributed by atoms with van der Waals surface area (Å²) in [6.45, 7) is -2.90. The van der Waals surface area contributed by atoms with E-state index in [4.69, 9.17) is 11.6 Å². The van der Waals surface area contributed by atoms with Crippen LogP contribution in [0, 0.1) is 0 Å². The topological polar surface area (TPSA) is 46.5 Å². The molecule has 0 aromatic heterocycles. The van der Waals surface area contributed by atoms with Crippen molar-refractivity contribution in [3.05, 3.63) is 64.7 Å². The maximum absolute atomic E-state index is 12.0. The monoisotopic (exact) mass is 324 g/mol. The van der Waals surface area contributed by atoms with E-state index in [1.165, 1.54) is 48.6 Å². The molecule has 0 unspecified atom stereocenters. The van der Waals surface area contributed by atoms with Crippen molar-refractivity contribution in [2.75, 3.05) is 0 Å². The molecule has 0 fully saturated rings. The number of rotatable bonds is 5. The Balaban J connectivity index is 2.08. The number of phenols is 1. The van der Waals surface area contributed by atoms with Gasteiger partial charge in [0.25, 0.3) is 0 Å². The maximum atomic E-state index is 12.0. The van der Waals surface area contributed by atoms with Gasteiger partial charge in [-0.3, -0.25) is 4.79 Å². The van der Waals surface area contributed by atoms with E-state index < -0.39 is 6.61 Å². The van der Waals surface area contributed by atoms with Crippen molar-refractivity contribution in [1.82, 2.24) is 0 Å². The van der Waals surface area contributed by atoms with Gasteiger partial charge in [-0.1, -0.05) is 23.7 Å². The van der Waals surface area contributed by atoms with Crippen LogP contribution in [-0.4, -0.2) is 17.5 Å². The standard InChI is InChI=1S/C16H11ClF2O3/c17-13-9-10(2-8-15(13)21)1-7-14(20)11-3-5-12(6-4-11)22-16(18)19/h1-9,16,21H. The highest BCUT2D eigenvalue weighted by Crippen LogP contribution is 2.24. The van der Waals surface area contributed by atoms with Gasteiger partial charge < -0.3 is 9.84 Å². The van der Waals surface area contributed by atoms with Gasteiger partial charge in [0, 0.05) is 5.56 Å². The molecular formula is C16H11ClF2O3. The second-order valence-corrected chi connectivity index (χ2v) is 4.72. The van der Waals surface area contributed by atoms with Gasteiger partial charge in [-0.2, -0.15) is 8.78 Å². The van der Waals surface area contributed by atoms with Crippen molar-refractivity contribution < 1.29 is 23.4 Å². The number of halogens is 3. The lowest BCUT2D eigenvalue weighted by Gasteiger charge is -2.04. The number of alkyl halides is 2. The molecule has 0 saturated carbocycles. The summed E-state index contributed by atoms with van der Waals surface area (Å²) < 4.78 is 28.2. The molecule has 0 atom stereocenters. The van der Waals surface area contributed by atoms with Crippen LogP contribution in [-0.2, 0) is 0 Å². The van der Waals surface area contributed by atoms with Gasteiger partial charge in [0.15, 0.2) is 5.78 Å². The molecule has 0 bridgehead atoms. The van der Waals surface area contributed by atoms with Crippen molar-refractivity contribution in [2.24, 2.45) is 0 Å².